The third kappa shape index (κ3) is 4.16. The highest BCUT2D eigenvalue weighted by molar-refractivity contribution is 6.39. The van der Waals surface area contributed by atoms with Gasteiger partial charge in [0.1, 0.15) is 23.3 Å². The van der Waals surface area contributed by atoms with E-state index in [-0.39, 0.29) is 75.2 Å². The monoisotopic (exact) mass is 629 g/mol. The first-order valence-electron chi connectivity index (χ1n) is 16.4. The van der Waals surface area contributed by atoms with Gasteiger partial charge in [-0.3, -0.25) is 14.7 Å². The number of hydrogen-bond donors (Lipinski definition) is 1. The molecule has 5 heterocycles. The van der Waals surface area contributed by atoms with Crippen LogP contribution in [0, 0.1) is 5.82 Å². The lowest BCUT2D eigenvalue weighted by molar-refractivity contribution is -0.131. The van der Waals surface area contributed by atoms with Crippen LogP contribution in [0.25, 0.3) is 32.9 Å². The van der Waals surface area contributed by atoms with Crippen molar-refractivity contribution in [3.63, 3.8) is 0 Å². The smallest absolute Gasteiger partial charge is 0.251 e. The lowest BCUT2D eigenvalue weighted by atomic mass is 9.94. The largest absolute Gasteiger partial charge is 0.470 e. The summed E-state index contributed by atoms with van der Waals surface area (Å²) in [6, 6.07) is 3.49. The molecule has 2 aromatic heterocycles. The molecule has 1 fully saturated rings. The number of ether oxygens (including phenoxy) is 1. The fraction of sp³-hybridized carbons (Fsp3) is 0.333. The fourth-order valence-electron chi connectivity index (χ4n) is 6.40. The molecule has 0 aliphatic carbocycles. The number of pyridine rings is 1. The molecular weight excluding hydrogens is 596 g/mol. The molecule has 2 aromatic carbocycles. The summed E-state index contributed by atoms with van der Waals surface area (Å²) < 4.78 is 70.3. The predicted molar refractivity (Wildman–Crippen MR) is 165 cm³/mol. The van der Waals surface area contributed by atoms with Gasteiger partial charge in [-0.15, -0.1) is 0 Å². The van der Waals surface area contributed by atoms with Crippen LogP contribution in [0.5, 0.6) is 5.88 Å². The molecule has 0 saturated carbocycles. The number of halogens is 3. The number of fused-ring (bicyclic) bond motifs is 5. The Morgan fingerprint density at radius 3 is 2.81 bits per heavy atom. The zero-order valence-electron chi connectivity index (χ0n) is 28.7. The first-order chi connectivity index (χ1) is 23.0. The maximum Gasteiger partial charge on any atom is 0.251 e. The van der Waals surface area contributed by atoms with Crippen LogP contribution >= 0.6 is 23.2 Å². The third-order valence-electron chi connectivity index (χ3n) is 8.27. The number of nitrogens with one attached hydrogen (secondary N) is 1. The van der Waals surface area contributed by atoms with Crippen molar-refractivity contribution in [2.24, 2.45) is 0 Å². The summed E-state index contributed by atoms with van der Waals surface area (Å²) in [4.78, 5) is 36.6. The van der Waals surface area contributed by atoms with E-state index in [1.165, 1.54) is 16.0 Å². The molecule has 1 saturated heterocycles. The number of carbonyl (C=O) groups is 2. The molecule has 0 radical (unpaired) electrons. The van der Waals surface area contributed by atoms with Crippen molar-refractivity contribution in [3.05, 3.63) is 52.9 Å². The van der Waals surface area contributed by atoms with Gasteiger partial charge in [0.25, 0.3) is 5.91 Å². The number of aromatic nitrogens is 3. The number of carbonyl (C=O) groups excluding carboxylic acids is 2. The minimum absolute atomic E-state index is 0.00715. The molecule has 13 heteroatoms. The molecular formula is C30H28Cl2FN7O3. The Bertz CT molecular complexity index is 2060. The quantitative estimate of drug-likeness (QED) is 0.332. The van der Waals surface area contributed by atoms with Crippen LogP contribution in [0.3, 0.4) is 0 Å². The van der Waals surface area contributed by atoms with Gasteiger partial charge in [-0.1, -0.05) is 29.8 Å². The zero-order valence-corrected chi connectivity index (χ0v) is 24.2. The number of piperazine rings is 1. The first-order valence-corrected chi connectivity index (χ1v) is 14.2. The summed E-state index contributed by atoms with van der Waals surface area (Å²) >= 11 is 13.5. The highest BCUT2D eigenvalue weighted by Gasteiger charge is 2.49. The van der Waals surface area contributed by atoms with Gasteiger partial charge in [-0.25, -0.2) is 9.37 Å². The molecule has 0 spiro atoms. The van der Waals surface area contributed by atoms with Crippen LogP contribution < -0.4 is 14.5 Å². The minimum Gasteiger partial charge on any atom is -0.470 e. The Balaban J connectivity index is 1.46. The summed E-state index contributed by atoms with van der Waals surface area (Å²) in [5.74, 6) is -1.87. The van der Waals surface area contributed by atoms with Crippen LogP contribution in [-0.4, -0.2) is 95.1 Å². The summed E-state index contributed by atoms with van der Waals surface area (Å²) in [6.07, 6.45) is 1.46. The lowest BCUT2D eigenvalue weighted by Gasteiger charge is -2.52. The highest BCUT2D eigenvalue weighted by Crippen LogP contribution is 2.52. The van der Waals surface area contributed by atoms with Crippen molar-refractivity contribution in [2.75, 3.05) is 49.9 Å². The van der Waals surface area contributed by atoms with E-state index in [0.29, 0.717) is 21.5 Å². The van der Waals surface area contributed by atoms with E-state index in [9.17, 15) is 9.59 Å². The number of amides is 2. The minimum atomic E-state index is -3.03. The molecule has 3 aliphatic heterocycles. The molecule has 0 unspecified atom stereocenters. The second kappa shape index (κ2) is 10.1. The van der Waals surface area contributed by atoms with Crippen molar-refractivity contribution in [3.8, 4) is 17.0 Å². The van der Waals surface area contributed by atoms with E-state index in [4.69, 9.17) is 36.2 Å². The molecule has 7 rings (SSSR count). The maximum atomic E-state index is 17.0. The number of rotatable bonds is 4. The van der Waals surface area contributed by atoms with Crippen molar-refractivity contribution in [1.82, 2.24) is 25.0 Å². The number of nitrogens with zero attached hydrogens (tertiary/aromatic N) is 6. The van der Waals surface area contributed by atoms with Crippen molar-refractivity contribution in [1.29, 1.82) is 0 Å². The van der Waals surface area contributed by atoms with Gasteiger partial charge in [-0.05, 0) is 45.2 Å². The van der Waals surface area contributed by atoms with E-state index in [1.54, 1.807) is 23.1 Å². The number of H-pyrrole nitrogens is 1. The normalized spacial score (nSPS) is 24.0. The molecule has 3 atom stereocenters. The second-order valence-corrected chi connectivity index (χ2v) is 11.6. The van der Waals surface area contributed by atoms with E-state index in [2.05, 4.69) is 21.8 Å². The van der Waals surface area contributed by atoms with E-state index < -0.39 is 44.4 Å². The fourth-order valence-corrected chi connectivity index (χ4v) is 6.95. The topological polar surface area (TPSA) is 97.9 Å². The van der Waals surface area contributed by atoms with Gasteiger partial charge in [0, 0.05) is 54.3 Å². The van der Waals surface area contributed by atoms with Crippen LogP contribution in [0.2, 0.25) is 10.0 Å². The van der Waals surface area contributed by atoms with Crippen molar-refractivity contribution >= 4 is 68.2 Å². The Labute approximate surface area is 265 Å². The molecule has 43 heavy (non-hydrogen) atoms. The van der Waals surface area contributed by atoms with E-state index in [1.807, 2.05) is 6.92 Å². The molecule has 10 nitrogen and oxygen atoms in total. The standard InChI is InChI=1S/C30H28Cl2FN7O3/c1-5-22(41)38-13-21-30(42)40-12-15(11-37(3)4)43-29-28(40)27(39(21)10-14(38)2)16-8-19(32)24(25(33)26(16)35-29)23-17-9-34-36-20(17)7-6-18(23)31/h5-9,14-15,21H,1,10-13H2,2-4H3,(H,34,36)/t14-,15-,21-/m1/s1/i3D3,4D3. The lowest BCUT2D eigenvalue weighted by Crippen LogP contribution is -2.67. The van der Waals surface area contributed by atoms with E-state index >= 15 is 4.39 Å². The predicted octanol–water partition coefficient (Wildman–Crippen LogP) is 4.48. The SMILES string of the molecule is [2H]C([2H])([2H])N(C[C@@H]1CN2C(=O)[C@H]3CN(C(=O)C=C)[C@H](C)CN3c3c2c(nc2c(F)c(-c4c(Cl)ccc5[nH]ncc45)c(Cl)cc32)O1)C([2H])([2H])[2H]. The number of likely N-dealkylation sites (N-methyl/N-ethyl adjacent to an activating group) is 1. The van der Waals surface area contributed by atoms with Crippen LogP contribution in [-0.2, 0) is 9.59 Å². The number of benzene rings is 2. The van der Waals surface area contributed by atoms with Gasteiger partial charge in [0.2, 0.25) is 11.8 Å². The second-order valence-electron chi connectivity index (χ2n) is 10.8. The number of aromatic amines is 1. The van der Waals surface area contributed by atoms with Gasteiger partial charge in [-0.2, -0.15) is 5.10 Å². The molecule has 0 bridgehead atoms. The van der Waals surface area contributed by atoms with Crippen LogP contribution in [0.15, 0.2) is 37.1 Å². The maximum absolute atomic E-state index is 17.0. The molecule has 3 aliphatic rings. The number of hydrogen-bond acceptors (Lipinski definition) is 7. The van der Waals surface area contributed by atoms with E-state index in [0.717, 1.165) is 6.08 Å². The molecule has 222 valence electrons. The van der Waals surface area contributed by atoms with Gasteiger partial charge in [0.15, 0.2) is 5.82 Å². The Hall–Kier alpha value is -3.93. The average molecular weight is 631 g/mol. The summed E-state index contributed by atoms with van der Waals surface area (Å²) in [5.41, 5.74) is 1.20. The van der Waals surface area contributed by atoms with Gasteiger partial charge in [0.05, 0.1) is 35.5 Å². The molecule has 4 aromatic rings. The number of anilines is 2. The highest BCUT2D eigenvalue weighted by atomic mass is 35.5. The molecule has 2 amide bonds. The third-order valence-corrected chi connectivity index (χ3v) is 8.88. The Morgan fingerprint density at radius 1 is 1.23 bits per heavy atom. The van der Waals surface area contributed by atoms with Gasteiger partial charge >= 0.3 is 0 Å². The summed E-state index contributed by atoms with van der Waals surface area (Å²) in [6.45, 7) is -1.41. The zero-order chi connectivity index (χ0) is 35.3. The Morgan fingerprint density at radius 2 is 2.05 bits per heavy atom. The van der Waals surface area contributed by atoms with Crippen LogP contribution in [0.1, 0.15) is 15.1 Å². The van der Waals surface area contributed by atoms with Crippen molar-refractivity contribution in [2.45, 2.75) is 25.1 Å². The Kier molecular flexibility index (Phi) is 5.09. The molecule has 1 N–H and O–H groups in total. The summed E-state index contributed by atoms with van der Waals surface area (Å²) in [7, 11) is 0. The summed E-state index contributed by atoms with van der Waals surface area (Å²) in [5, 5.41) is 7.85. The van der Waals surface area contributed by atoms with Gasteiger partial charge < -0.3 is 24.3 Å². The average Bonchev–Trinajstić information content (AvgIpc) is 3.50. The van der Waals surface area contributed by atoms with Crippen molar-refractivity contribution < 1.29 is 26.9 Å². The van der Waals surface area contributed by atoms with Crippen LogP contribution in [0.4, 0.5) is 15.8 Å². The first kappa shape index (κ1) is 21.7.